The molecule has 0 aliphatic carbocycles. The van der Waals surface area contributed by atoms with Crippen LogP contribution < -0.4 is 0 Å². The van der Waals surface area contributed by atoms with Gasteiger partial charge in [-0.3, -0.25) is 14.4 Å². The van der Waals surface area contributed by atoms with Gasteiger partial charge >= 0.3 is 5.97 Å². The van der Waals surface area contributed by atoms with Crippen molar-refractivity contribution in [3.05, 3.63) is 30.0 Å². The van der Waals surface area contributed by atoms with E-state index in [1.807, 2.05) is 21.7 Å². The molecule has 0 bridgehead atoms. The second-order valence-electron chi connectivity index (χ2n) is 7.90. The maximum atomic E-state index is 12.4. The lowest BCUT2D eigenvalue weighted by molar-refractivity contribution is -0.131. The van der Waals surface area contributed by atoms with E-state index in [9.17, 15) is 9.59 Å². The summed E-state index contributed by atoms with van der Waals surface area (Å²) in [5.41, 5.74) is 1.55. The van der Waals surface area contributed by atoms with Crippen LogP contribution >= 0.6 is 0 Å². The van der Waals surface area contributed by atoms with Gasteiger partial charge in [0.1, 0.15) is 0 Å². The molecule has 0 unspecified atom stereocenters. The number of nitrogens with zero attached hydrogens (tertiary/aromatic N) is 4. The summed E-state index contributed by atoms with van der Waals surface area (Å²) in [6, 6.07) is 5.53. The zero-order valence-electron chi connectivity index (χ0n) is 16.5. The Kier molecular flexibility index (Phi) is 5.62. The van der Waals surface area contributed by atoms with Crippen molar-refractivity contribution in [1.82, 2.24) is 19.6 Å². The molecule has 0 saturated carbocycles. The van der Waals surface area contributed by atoms with Crippen molar-refractivity contribution in [1.29, 1.82) is 0 Å². The number of rotatable bonds is 5. The average molecular weight is 384 g/mol. The van der Waals surface area contributed by atoms with Crippen molar-refractivity contribution in [2.45, 2.75) is 38.8 Å². The second-order valence-corrected chi connectivity index (χ2v) is 7.90. The summed E-state index contributed by atoms with van der Waals surface area (Å²) in [6.45, 7) is 4.59. The molecule has 4 rings (SSSR count). The molecule has 7 nitrogen and oxygen atoms in total. The van der Waals surface area contributed by atoms with Gasteiger partial charge in [-0.25, -0.2) is 4.79 Å². The van der Waals surface area contributed by atoms with Crippen LogP contribution in [0.3, 0.4) is 0 Å². The number of ether oxygens (including phenoxy) is 1. The first-order chi connectivity index (χ1) is 13.6. The first-order valence-corrected chi connectivity index (χ1v) is 10.2. The number of hydrogen-bond donors (Lipinski definition) is 0. The monoisotopic (exact) mass is 384 g/mol. The SMILES string of the molecule is COC(=O)c1ccc2c(cnn2CN2CCC(CC(=O)N3CCCC3)CC2)c1. The Morgan fingerprint density at radius 2 is 1.89 bits per heavy atom. The first-order valence-electron chi connectivity index (χ1n) is 10.2. The molecule has 2 aromatic rings. The summed E-state index contributed by atoms with van der Waals surface area (Å²) < 4.78 is 6.76. The standard InChI is InChI=1S/C21H28N4O3/c1-28-21(27)17-4-5-19-18(13-17)14-22-25(19)15-23-10-6-16(7-11-23)12-20(26)24-8-2-3-9-24/h4-5,13-14,16H,2-3,6-12,15H2,1H3. The van der Waals surface area contributed by atoms with Gasteiger partial charge < -0.3 is 9.64 Å². The van der Waals surface area contributed by atoms with Crippen LogP contribution in [0.4, 0.5) is 0 Å². The molecular formula is C21H28N4O3. The smallest absolute Gasteiger partial charge is 0.337 e. The third-order valence-electron chi connectivity index (χ3n) is 6.03. The highest BCUT2D eigenvalue weighted by atomic mass is 16.5. The Hall–Kier alpha value is -2.41. The fraction of sp³-hybridized carbons (Fsp3) is 0.571. The van der Waals surface area contributed by atoms with Gasteiger partial charge in [0, 0.05) is 38.0 Å². The molecule has 1 aromatic carbocycles. The summed E-state index contributed by atoms with van der Waals surface area (Å²) in [5, 5.41) is 5.44. The fourth-order valence-electron chi connectivity index (χ4n) is 4.31. The van der Waals surface area contributed by atoms with Crippen LogP contribution in [0, 0.1) is 5.92 Å². The molecule has 0 radical (unpaired) electrons. The van der Waals surface area contributed by atoms with E-state index >= 15 is 0 Å². The van der Waals surface area contributed by atoms with E-state index in [1.54, 1.807) is 12.3 Å². The Labute approximate surface area is 165 Å². The Morgan fingerprint density at radius 1 is 1.14 bits per heavy atom. The molecule has 3 heterocycles. The highest BCUT2D eigenvalue weighted by molar-refractivity contribution is 5.94. The minimum Gasteiger partial charge on any atom is -0.465 e. The van der Waals surface area contributed by atoms with Crippen molar-refractivity contribution in [3.8, 4) is 0 Å². The molecule has 0 N–H and O–H groups in total. The molecule has 2 saturated heterocycles. The van der Waals surface area contributed by atoms with Gasteiger partial charge in [0.25, 0.3) is 0 Å². The van der Waals surface area contributed by atoms with Crippen LogP contribution in [-0.2, 0) is 16.2 Å². The van der Waals surface area contributed by atoms with Gasteiger partial charge in [-0.05, 0) is 49.8 Å². The third kappa shape index (κ3) is 4.04. The van der Waals surface area contributed by atoms with Crippen molar-refractivity contribution in [2.24, 2.45) is 5.92 Å². The predicted molar refractivity (Wildman–Crippen MR) is 106 cm³/mol. The van der Waals surface area contributed by atoms with Crippen LogP contribution in [0.5, 0.6) is 0 Å². The van der Waals surface area contributed by atoms with E-state index in [0.717, 1.165) is 69.4 Å². The van der Waals surface area contributed by atoms with Crippen molar-refractivity contribution in [3.63, 3.8) is 0 Å². The number of fused-ring (bicyclic) bond motifs is 1. The third-order valence-corrected chi connectivity index (χ3v) is 6.03. The van der Waals surface area contributed by atoms with E-state index in [1.165, 1.54) is 7.11 Å². The first kappa shape index (κ1) is 18.9. The van der Waals surface area contributed by atoms with Crippen LogP contribution in [-0.4, -0.2) is 64.7 Å². The summed E-state index contributed by atoms with van der Waals surface area (Å²) in [7, 11) is 1.39. The molecule has 2 aliphatic heterocycles. The minimum atomic E-state index is -0.333. The maximum absolute atomic E-state index is 12.4. The second kappa shape index (κ2) is 8.31. The fourth-order valence-corrected chi connectivity index (χ4v) is 4.31. The molecule has 7 heteroatoms. The number of carbonyl (C=O) groups excluding carboxylic acids is 2. The van der Waals surface area contributed by atoms with Gasteiger partial charge in [0.15, 0.2) is 0 Å². The largest absolute Gasteiger partial charge is 0.465 e. The Bertz CT molecular complexity index is 848. The van der Waals surface area contributed by atoms with E-state index < -0.39 is 0 Å². The zero-order chi connectivity index (χ0) is 19.5. The van der Waals surface area contributed by atoms with E-state index in [-0.39, 0.29) is 5.97 Å². The van der Waals surface area contributed by atoms with Gasteiger partial charge in [0.2, 0.25) is 5.91 Å². The summed E-state index contributed by atoms with van der Waals surface area (Å²) in [4.78, 5) is 28.5. The van der Waals surface area contributed by atoms with Gasteiger partial charge in [0.05, 0.1) is 31.1 Å². The number of benzene rings is 1. The Morgan fingerprint density at radius 3 is 2.61 bits per heavy atom. The van der Waals surface area contributed by atoms with Gasteiger partial charge in [-0.1, -0.05) is 0 Å². The van der Waals surface area contributed by atoms with E-state index in [4.69, 9.17) is 4.74 Å². The number of aromatic nitrogens is 2. The quantitative estimate of drug-likeness (QED) is 0.741. The van der Waals surface area contributed by atoms with Crippen LogP contribution in [0.1, 0.15) is 42.5 Å². The molecular weight excluding hydrogens is 356 g/mol. The normalized spacial score (nSPS) is 18.7. The highest BCUT2D eigenvalue weighted by Gasteiger charge is 2.25. The predicted octanol–water partition coefficient (Wildman–Crippen LogP) is 2.50. The van der Waals surface area contributed by atoms with Gasteiger partial charge in [-0.2, -0.15) is 5.10 Å². The molecule has 2 aliphatic rings. The van der Waals surface area contributed by atoms with E-state index in [2.05, 4.69) is 10.00 Å². The lowest BCUT2D eigenvalue weighted by Gasteiger charge is -2.32. The lowest BCUT2D eigenvalue weighted by Crippen LogP contribution is -2.37. The number of methoxy groups -OCH3 is 1. The number of hydrogen-bond acceptors (Lipinski definition) is 5. The molecule has 150 valence electrons. The molecule has 0 atom stereocenters. The number of piperidine rings is 1. The zero-order valence-corrected chi connectivity index (χ0v) is 16.5. The minimum absolute atomic E-state index is 0.333. The lowest BCUT2D eigenvalue weighted by atomic mass is 9.93. The number of amides is 1. The molecule has 1 aromatic heterocycles. The summed E-state index contributed by atoms with van der Waals surface area (Å²) >= 11 is 0. The highest BCUT2D eigenvalue weighted by Crippen LogP contribution is 2.24. The molecule has 0 spiro atoms. The summed E-state index contributed by atoms with van der Waals surface area (Å²) in [5.74, 6) is 0.511. The van der Waals surface area contributed by atoms with Crippen LogP contribution in [0.15, 0.2) is 24.4 Å². The summed E-state index contributed by atoms with van der Waals surface area (Å²) in [6.07, 6.45) is 6.93. The van der Waals surface area contributed by atoms with Gasteiger partial charge in [-0.15, -0.1) is 0 Å². The van der Waals surface area contributed by atoms with Crippen molar-refractivity contribution >= 4 is 22.8 Å². The topological polar surface area (TPSA) is 67.7 Å². The molecule has 28 heavy (non-hydrogen) atoms. The van der Waals surface area contributed by atoms with E-state index in [0.29, 0.717) is 23.8 Å². The Balaban J connectivity index is 1.32. The number of carbonyl (C=O) groups is 2. The van der Waals surface area contributed by atoms with Crippen molar-refractivity contribution in [2.75, 3.05) is 33.3 Å². The maximum Gasteiger partial charge on any atom is 0.337 e. The average Bonchev–Trinajstić information content (AvgIpc) is 3.39. The molecule has 1 amide bonds. The number of esters is 1. The number of likely N-dealkylation sites (tertiary alicyclic amines) is 2. The van der Waals surface area contributed by atoms with Crippen LogP contribution in [0.2, 0.25) is 0 Å². The van der Waals surface area contributed by atoms with Crippen LogP contribution in [0.25, 0.3) is 10.9 Å². The molecule has 2 fully saturated rings. The van der Waals surface area contributed by atoms with Crippen molar-refractivity contribution < 1.29 is 14.3 Å².